The van der Waals surface area contributed by atoms with Crippen molar-refractivity contribution in [3.05, 3.63) is 73.8 Å². The van der Waals surface area contributed by atoms with Crippen molar-refractivity contribution in [2.24, 2.45) is 0 Å². The average molecular weight is 401 g/mol. The average Bonchev–Trinajstić information content (AvgIpc) is 3.06. The number of nitrogens with one attached hydrogen (secondary N) is 2. The van der Waals surface area contributed by atoms with Gasteiger partial charge in [-0.3, -0.25) is 14.3 Å². The summed E-state index contributed by atoms with van der Waals surface area (Å²) in [4.78, 5) is 27.4. The number of nitrogens with zero attached hydrogens (tertiary/aromatic N) is 2. The third-order valence-corrected chi connectivity index (χ3v) is 5.38. The van der Waals surface area contributed by atoms with E-state index in [0.717, 1.165) is 23.6 Å². The lowest BCUT2D eigenvalue weighted by atomic mass is 10.1. The maximum absolute atomic E-state index is 12.4. The molecule has 0 saturated heterocycles. The van der Waals surface area contributed by atoms with Gasteiger partial charge in [-0.15, -0.1) is 0 Å². The summed E-state index contributed by atoms with van der Waals surface area (Å²) in [6, 6.07) is 9.28. The molecule has 7 nitrogen and oxygen atoms in total. The van der Waals surface area contributed by atoms with Crippen LogP contribution in [0.25, 0.3) is 0 Å². The van der Waals surface area contributed by atoms with Crippen molar-refractivity contribution in [2.75, 3.05) is 11.1 Å². The van der Waals surface area contributed by atoms with Crippen molar-refractivity contribution in [3.8, 4) is 0 Å². The molecule has 3 rings (SSSR count). The van der Waals surface area contributed by atoms with Crippen LogP contribution in [0.1, 0.15) is 29.5 Å². The highest BCUT2D eigenvalue weighted by Crippen LogP contribution is 2.18. The first-order valence-electron chi connectivity index (χ1n) is 9.17. The van der Waals surface area contributed by atoms with Crippen molar-refractivity contribution in [3.63, 3.8) is 0 Å². The Kier molecular flexibility index (Phi) is 6.41. The number of aromatic amines is 1. The van der Waals surface area contributed by atoms with E-state index in [9.17, 15) is 9.59 Å². The number of aryl methyl sites for hydroxylation is 3. The first-order valence-corrected chi connectivity index (χ1v) is 10.3. The molecule has 2 aromatic heterocycles. The molecular formula is C20H24N4O3S. The fourth-order valence-corrected chi connectivity index (χ4v) is 3.74. The molecule has 0 aliphatic rings. The number of hydrogen-bond acceptors (Lipinski definition) is 6. The number of thioether (sulfide) groups is 1. The van der Waals surface area contributed by atoms with Crippen LogP contribution in [0.4, 0.5) is 11.5 Å². The second-order valence-electron chi connectivity index (χ2n) is 6.58. The smallest absolute Gasteiger partial charge is 0.329 e. The molecule has 3 aromatic rings. The van der Waals surface area contributed by atoms with Gasteiger partial charge in [-0.1, -0.05) is 18.1 Å². The SMILES string of the molecule is CCc1ccc(Nc2cc(=O)n(CCSCc3cc(C)on3)c(=O)[nH]2)cc1C. The second-order valence-corrected chi connectivity index (χ2v) is 7.68. The molecule has 0 unspecified atom stereocenters. The number of rotatable bonds is 8. The molecule has 0 fully saturated rings. The van der Waals surface area contributed by atoms with Crippen molar-refractivity contribution < 1.29 is 4.52 Å². The van der Waals surface area contributed by atoms with E-state index in [1.54, 1.807) is 11.8 Å². The predicted octanol–water partition coefficient (Wildman–Crippen LogP) is 3.38. The molecule has 28 heavy (non-hydrogen) atoms. The fraction of sp³-hybridized carbons (Fsp3) is 0.350. The molecule has 0 amide bonds. The van der Waals surface area contributed by atoms with Crippen LogP contribution in [0.5, 0.6) is 0 Å². The van der Waals surface area contributed by atoms with Crippen molar-refractivity contribution in [1.82, 2.24) is 14.7 Å². The van der Waals surface area contributed by atoms with Crippen LogP contribution in [-0.2, 0) is 18.7 Å². The van der Waals surface area contributed by atoms with E-state index in [4.69, 9.17) is 4.52 Å². The molecule has 0 spiro atoms. The maximum Gasteiger partial charge on any atom is 0.329 e. The van der Waals surface area contributed by atoms with Gasteiger partial charge >= 0.3 is 5.69 Å². The quantitative estimate of drug-likeness (QED) is 0.563. The Morgan fingerprint density at radius 2 is 2.04 bits per heavy atom. The third kappa shape index (κ3) is 4.95. The lowest BCUT2D eigenvalue weighted by Gasteiger charge is -2.10. The summed E-state index contributed by atoms with van der Waals surface area (Å²) in [5.41, 5.74) is 3.38. The monoisotopic (exact) mass is 400 g/mol. The molecular weight excluding hydrogens is 376 g/mol. The van der Waals surface area contributed by atoms with Crippen LogP contribution >= 0.6 is 11.8 Å². The zero-order valence-corrected chi connectivity index (χ0v) is 17.1. The van der Waals surface area contributed by atoms with E-state index in [1.165, 1.54) is 21.8 Å². The van der Waals surface area contributed by atoms with Gasteiger partial charge in [-0.05, 0) is 43.5 Å². The summed E-state index contributed by atoms with van der Waals surface area (Å²) in [6.07, 6.45) is 0.966. The minimum atomic E-state index is -0.421. The number of hydrogen-bond donors (Lipinski definition) is 2. The van der Waals surface area contributed by atoms with Crippen molar-refractivity contribution in [2.45, 2.75) is 39.5 Å². The highest BCUT2D eigenvalue weighted by molar-refractivity contribution is 7.98. The summed E-state index contributed by atoms with van der Waals surface area (Å²) in [5, 5.41) is 7.03. The minimum Gasteiger partial charge on any atom is -0.361 e. The normalized spacial score (nSPS) is 11.0. The molecule has 148 valence electrons. The van der Waals surface area contributed by atoms with Gasteiger partial charge < -0.3 is 9.84 Å². The van der Waals surface area contributed by atoms with Gasteiger partial charge in [0.05, 0.1) is 5.69 Å². The van der Waals surface area contributed by atoms with E-state index < -0.39 is 5.69 Å². The highest BCUT2D eigenvalue weighted by atomic mass is 32.2. The predicted molar refractivity (Wildman–Crippen MR) is 113 cm³/mol. The third-order valence-electron chi connectivity index (χ3n) is 4.41. The lowest BCUT2D eigenvalue weighted by Crippen LogP contribution is -2.35. The molecule has 1 aromatic carbocycles. The van der Waals surface area contributed by atoms with Gasteiger partial charge in [-0.2, -0.15) is 11.8 Å². The Bertz CT molecular complexity index is 1040. The molecule has 0 aliphatic heterocycles. The standard InChI is InChI=1S/C20H24N4O3S/c1-4-15-5-6-16(9-13(15)2)21-18-11-19(25)24(20(26)22-18)7-8-28-12-17-10-14(3)27-23-17/h5-6,9-11,21H,4,7-8,12H2,1-3H3,(H,22,26). The Hall–Kier alpha value is -2.74. The highest BCUT2D eigenvalue weighted by Gasteiger charge is 2.07. The Morgan fingerprint density at radius 1 is 1.21 bits per heavy atom. The zero-order valence-electron chi connectivity index (χ0n) is 16.2. The molecule has 0 radical (unpaired) electrons. The second kappa shape index (κ2) is 8.97. The summed E-state index contributed by atoms with van der Waals surface area (Å²) in [5.74, 6) is 2.46. The van der Waals surface area contributed by atoms with Crippen LogP contribution in [0.3, 0.4) is 0 Å². The Balaban J connectivity index is 1.63. The Labute approximate surface area is 167 Å². The molecule has 2 heterocycles. The molecule has 0 bridgehead atoms. The number of anilines is 2. The molecule has 8 heteroatoms. The number of H-pyrrole nitrogens is 1. The first kappa shape index (κ1) is 20.0. The lowest BCUT2D eigenvalue weighted by molar-refractivity contribution is 0.393. The van der Waals surface area contributed by atoms with E-state index in [2.05, 4.69) is 22.4 Å². The summed E-state index contributed by atoms with van der Waals surface area (Å²) >= 11 is 1.59. The molecule has 2 N–H and O–H groups in total. The van der Waals surface area contributed by atoms with Gasteiger partial charge in [0.1, 0.15) is 11.6 Å². The summed E-state index contributed by atoms with van der Waals surface area (Å²) < 4.78 is 6.23. The fourth-order valence-electron chi connectivity index (χ4n) is 2.94. The molecule has 0 saturated carbocycles. The maximum atomic E-state index is 12.4. The van der Waals surface area contributed by atoms with E-state index in [0.29, 0.717) is 23.9 Å². The minimum absolute atomic E-state index is 0.328. The molecule has 0 atom stereocenters. The largest absolute Gasteiger partial charge is 0.361 e. The van der Waals surface area contributed by atoms with E-state index in [-0.39, 0.29) is 5.56 Å². The van der Waals surface area contributed by atoms with Gasteiger partial charge in [0.25, 0.3) is 5.56 Å². The number of benzene rings is 1. The van der Waals surface area contributed by atoms with Gasteiger partial charge in [-0.25, -0.2) is 4.79 Å². The van der Waals surface area contributed by atoms with Crippen LogP contribution in [0.15, 0.2) is 44.4 Å². The van der Waals surface area contributed by atoms with Crippen molar-refractivity contribution in [1.29, 1.82) is 0 Å². The zero-order chi connectivity index (χ0) is 20.1. The van der Waals surface area contributed by atoms with Gasteiger partial charge in [0.2, 0.25) is 0 Å². The van der Waals surface area contributed by atoms with Crippen LogP contribution in [0, 0.1) is 13.8 Å². The van der Waals surface area contributed by atoms with Crippen LogP contribution in [-0.4, -0.2) is 20.5 Å². The summed E-state index contributed by atoms with van der Waals surface area (Å²) in [7, 11) is 0. The van der Waals surface area contributed by atoms with Crippen LogP contribution < -0.4 is 16.6 Å². The van der Waals surface area contributed by atoms with E-state index >= 15 is 0 Å². The van der Waals surface area contributed by atoms with Gasteiger partial charge in [0.15, 0.2) is 0 Å². The topological polar surface area (TPSA) is 92.9 Å². The molecule has 0 aliphatic carbocycles. The van der Waals surface area contributed by atoms with Gasteiger partial charge in [0, 0.05) is 35.9 Å². The van der Waals surface area contributed by atoms with Crippen molar-refractivity contribution >= 4 is 23.3 Å². The Morgan fingerprint density at radius 3 is 2.68 bits per heavy atom. The summed E-state index contributed by atoms with van der Waals surface area (Å²) in [6.45, 7) is 6.33. The van der Waals surface area contributed by atoms with E-state index in [1.807, 2.05) is 38.1 Å². The number of aromatic nitrogens is 3. The first-order chi connectivity index (χ1) is 13.5. The van der Waals surface area contributed by atoms with Crippen LogP contribution in [0.2, 0.25) is 0 Å².